The van der Waals surface area contributed by atoms with E-state index in [1.807, 2.05) is 13.8 Å². The second-order valence-corrected chi connectivity index (χ2v) is 4.72. The molecular formula is C15H18N2O3. The van der Waals surface area contributed by atoms with Crippen LogP contribution >= 0.6 is 0 Å². The molecule has 0 bridgehead atoms. The third-order valence-electron chi connectivity index (χ3n) is 2.79. The van der Waals surface area contributed by atoms with E-state index in [2.05, 4.69) is 16.6 Å². The maximum absolute atomic E-state index is 11.7. The topological polar surface area (TPSA) is 78.4 Å². The Morgan fingerprint density at radius 3 is 2.35 bits per heavy atom. The largest absolute Gasteiger partial charge is 0.478 e. The lowest BCUT2D eigenvalue weighted by atomic mass is 10.1. The summed E-state index contributed by atoms with van der Waals surface area (Å²) < 4.78 is 0. The normalized spacial score (nSPS) is 11.5. The summed E-state index contributed by atoms with van der Waals surface area (Å²) in [6.45, 7) is 4.16. The molecule has 0 saturated carbocycles. The number of carboxylic acids is 1. The first-order valence-corrected chi connectivity index (χ1v) is 6.26. The SMILES string of the molecule is C#CC(NC(=O)NCc1ccc(C(=O)O)cc1)C(C)C. The van der Waals surface area contributed by atoms with Gasteiger partial charge in [-0.15, -0.1) is 6.42 Å². The van der Waals surface area contributed by atoms with Crippen molar-refractivity contribution in [1.29, 1.82) is 0 Å². The number of hydrogen-bond acceptors (Lipinski definition) is 2. The van der Waals surface area contributed by atoms with E-state index in [1.165, 1.54) is 12.1 Å². The summed E-state index contributed by atoms with van der Waals surface area (Å²) in [6, 6.07) is 5.65. The van der Waals surface area contributed by atoms with Crippen LogP contribution in [0.4, 0.5) is 4.79 Å². The van der Waals surface area contributed by atoms with Crippen molar-refractivity contribution in [2.45, 2.75) is 26.4 Å². The van der Waals surface area contributed by atoms with Gasteiger partial charge in [-0.05, 0) is 23.6 Å². The third kappa shape index (κ3) is 4.65. The van der Waals surface area contributed by atoms with Gasteiger partial charge in [0.2, 0.25) is 0 Å². The van der Waals surface area contributed by atoms with Crippen LogP contribution in [0, 0.1) is 18.3 Å². The molecule has 0 fully saturated rings. The van der Waals surface area contributed by atoms with Crippen LogP contribution in [-0.4, -0.2) is 23.1 Å². The maximum Gasteiger partial charge on any atom is 0.335 e. The first-order valence-electron chi connectivity index (χ1n) is 6.26. The quantitative estimate of drug-likeness (QED) is 0.717. The fourth-order valence-corrected chi connectivity index (χ4v) is 1.54. The second kappa shape index (κ2) is 7.19. The summed E-state index contributed by atoms with van der Waals surface area (Å²) in [5.74, 6) is 1.69. The van der Waals surface area contributed by atoms with Crippen molar-refractivity contribution >= 4 is 12.0 Å². The number of carbonyl (C=O) groups is 2. The van der Waals surface area contributed by atoms with Crippen molar-refractivity contribution in [2.24, 2.45) is 5.92 Å². The van der Waals surface area contributed by atoms with Gasteiger partial charge >= 0.3 is 12.0 Å². The number of benzene rings is 1. The number of rotatable bonds is 5. The summed E-state index contributed by atoms with van der Waals surface area (Å²) in [6.07, 6.45) is 5.33. The van der Waals surface area contributed by atoms with Gasteiger partial charge in [0.05, 0.1) is 11.6 Å². The van der Waals surface area contributed by atoms with Gasteiger partial charge in [-0.25, -0.2) is 9.59 Å². The Morgan fingerprint density at radius 1 is 1.30 bits per heavy atom. The minimum atomic E-state index is -0.976. The van der Waals surface area contributed by atoms with Crippen molar-refractivity contribution in [3.63, 3.8) is 0 Å². The predicted octanol–water partition coefficient (Wildman–Crippen LogP) is 1.84. The number of carboxylic acid groups (broad SMARTS) is 1. The average molecular weight is 274 g/mol. The van der Waals surface area contributed by atoms with Crippen LogP contribution in [0.2, 0.25) is 0 Å². The number of carbonyl (C=O) groups excluding carboxylic acids is 1. The van der Waals surface area contributed by atoms with E-state index in [0.717, 1.165) is 5.56 Å². The number of terminal acetylenes is 1. The van der Waals surface area contributed by atoms with Gasteiger partial charge in [-0.1, -0.05) is 31.9 Å². The number of aromatic carboxylic acids is 1. The van der Waals surface area contributed by atoms with E-state index in [4.69, 9.17) is 11.5 Å². The summed E-state index contributed by atoms with van der Waals surface area (Å²) in [5.41, 5.74) is 1.03. The minimum absolute atomic E-state index is 0.153. The van der Waals surface area contributed by atoms with E-state index >= 15 is 0 Å². The number of nitrogens with one attached hydrogen (secondary N) is 2. The Labute approximate surface area is 118 Å². The Balaban J connectivity index is 2.49. The van der Waals surface area contributed by atoms with Gasteiger partial charge in [0.15, 0.2) is 0 Å². The first kappa shape index (κ1) is 15.6. The Bertz CT molecular complexity index is 515. The minimum Gasteiger partial charge on any atom is -0.478 e. The molecular weight excluding hydrogens is 256 g/mol. The standard InChI is InChI=1S/C15H18N2O3/c1-4-13(10(2)3)17-15(20)16-9-11-5-7-12(8-6-11)14(18)19/h1,5-8,10,13H,9H2,2-3H3,(H,18,19)(H2,16,17,20). The molecule has 0 spiro atoms. The van der Waals surface area contributed by atoms with Crippen LogP contribution in [-0.2, 0) is 6.54 Å². The molecule has 0 aliphatic carbocycles. The van der Waals surface area contributed by atoms with Gasteiger partial charge in [0.1, 0.15) is 0 Å². The van der Waals surface area contributed by atoms with E-state index in [9.17, 15) is 9.59 Å². The van der Waals surface area contributed by atoms with E-state index in [-0.39, 0.29) is 23.6 Å². The van der Waals surface area contributed by atoms with Gasteiger partial charge in [0.25, 0.3) is 0 Å². The first-order chi connectivity index (χ1) is 9.43. The summed E-state index contributed by atoms with van der Waals surface area (Å²) >= 11 is 0. The molecule has 2 amide bonds. The molecule has 0 aromatic heterocycles. The summed E-state index contributed by atoms with van der Waals surface area (Å²) in [4.78, 5) is 22.4. The number of urea groups is 1. The smallest absolute Gasteiger partial charge is 0.335 e. The molecule has 1 aromatic rings. The number of amides is 2. The lowest BCUT2D eigenvalue weighted by Gasteiger charge is -2.17. The highest BCUT2D eigenvalue weighted by molar-refractivity contribution is 5.87. The molecule has 0 saturated heterocycles. The molecule has 106 valence electrons. The third-order valence-corrected chi connectivity index (χ3v) is 2.79. The molecule has 1 aromatic carbocycles. The lowest BCUT2D eigenvalue weighted by molar-refractivity contribution is 0.0697. The second-order valence-electron chi connectivity index (χ2n) is 4.72. The highest BCUT2D eigenvalue weighted by Gasteiger charge is 2.12. The van der Waals surface area contributed by atoms with Gasteiger partial charge < -0.3 is 15.7 Å². The fourth-order valence-electron chi connectivity index (χ4n) is 1.54. The maximum atomic E-state index is 11.7. The van der Waals surface area contributed by atoms with E-state index < -0.39 is 5.97 Å². The van der Waals surface area contributed by atoms with Gasteiger partial charge in [-0.3, -0.25) is 0 Å². The molecule has 5 heteroatoms. The molecule has 1 rings (SSSR count). The van der Waals surface area contributed by atoms with Crippen molar-refractivity contribution < 1.29 is 14.7 Å². The van der Waals surface area contributed by atoms with Crippen molar-refractivity contribution in [1.82, 2.24) is 10.6 Å². The monoisotopic (exact) mass is 274 g/mol. The summed E-state index contributed by atoms with van der Waals surface area (Å²) in [7, 11) is 0. The van der Waals surface area contributed by atoms with Crippen molar-refractivity contribution in [2.75, 3.05) is 0 Å². The van der Waals surface area contributed by atoms with Crippen LogP contribution in [0.5, 0.6) is 0 Å². The Hall–Kier alpha value is -2.48. The summed E-state index contributed by atoms with van der Waals surface area (Å²) in [5, 5.41) is 14.1. The lowest BCUT2D eigenvalue weighted by Crippen LogP contribution is -2.43. The molecule has 0 heterocycles. The predicted molar refractivity (Wildman–Crippen MR) is 76.2 cm³/mol. The van der Waals surface area contributed by atoms with E-state index in [0.29, 0.717) is 6.54 Å². The molecule has 1 atom stereocenters. The van der Waals surface area contributed by atoms with Crippen molar-refractivity contribution in [3.05, 3.63) is 35.4 Å². The molecule has 0 aliphatic heterocycles. The van der Waals surface area contributed by atoms with Crippen LogP contribution < -0.4 is 10.6 Å². The zero-order chi connectivity index (χ0) is 15.1. The zero-order valence-electron chi connectivity index (χ0n) is 11.5. The molecule has 0 aliphatic rings. The van der Waals surface area contributed by atoms with Gasteiger partial charge in [0, 0.05) is 6.54 Å². The van der Waals surface area contributed by atoms with Crippen LogP contribution in [0.3, 0.4) is 0 Å². The molecule has 20 heavy (non-hydrogen) atoms. The van der Waals surface area contributed by atoms with Crippen LogP contribution in [0.25, 0.3) is 0 Å². The molecule has 0 radical (unpaired) electrons. The zero-order valence-corrected chi connectivity index (χ0v) is 11.5. The van der Waals surface area contributed by atoms with Crippen LogP contribution in [0.15, 0.2) is 24.3 Å². The van der Waals surface area contributed by atoms with E-state index in [1.54, 1.807) is 12.1 Å². The average Bonchev–Trinajstić information content (AvgIpc) is 2.42. The molecule has 5 nitrogen and oxygen atoms in total. The fraction of sp³-hybridized carbons (Fsp3) is 0.333. The number of hydrogen-bond donors (Lipinski definition) is 3. The molecule has 1 unspecified atom stereocenters. The van der Waals surface area contributed by atoms with Crippen molar-refractivity contribution in [3.8, 4) is 12.3 Å². The Kier molecular flexibility index (Phi) is 5.60. The Morgan fingerprint density at radius 2 is 1.90 bits per heavy atom. The highest BCUT2D eigenvalue weighted by Crippen LogP contribution is 2.04. The van der Waals surface area contributed by atoms with Crippen LogP contribution in [0.1, 0.15) is 29.8 Å². The molecule has 3 N–H and O–H groups in total. The highest BCUT2D eigenvalue weighted by atomic mass is 16.4. The van der Waals surface area contributed by atoms with Gasteiger partial charge in [-0.2, -0.15) is 0 Å².